The minimum Gasteiger partial charge on any atom is -0.450 e. The van der Waals surface area contributed by atoms with Crippen LogP contribution in [-0.2, 0) is 11.2 Å². The summed E-state index contributed by atoms with van der Waals surface area (Å²) in [6.07, 6.45) is -0.858. The number of carbonyl (C=O) groups excluding carboxylic acids is 1. The van der Waals surface area contributed by atoms with Gasteiger partial charge >= 0.3 is 6.16 Å². The van der Waals surface area contributed by atoms with E-state index < -0.39 is 6.16 Å². The maximum Gasteiger partial charge on any atom is 0.505 e. The van der Waals surface area contributed by atoms with Crippen LogP contribution in [0.4, 0.5) is 16.2 Å². The molecular weight excluding hydrogens is 390 g/mol. The molecule has 6 heteroatoms. The third-order valence-corrected chi connectivity index (χ3v) is 4.81. The molecule has 0 fully saturated rings. The number of halogens is 1. The molecule has 0 radical (unpaired) electrons. The fourth-order valence-electron chi connectivity index (χ4n) is 3.01. The molecule has 0 bridgehead atoms. The van der Waals surface area contributed by atoms with E-state index in [4.69, 9.17) is 16.7 Å². The van der Waals surface area contributed by atoms with Gasteiger partial charge in [-0.25, -0.2) is 4.79 Å². The summed E-state index contributed by atoms with van der Waals surface area (Å²) in [6.45, 7) is 1.96. The molecule has 5 nitrogen and oxygen atoms in total. The zero-order valence-corrected chi connectivity index (χ0v) is 16.6. The van der Waals surface area contributed by atoms with Gasteiger partial charge in [0.1, 0.15) is 0 Å². The van der Waals surface area contributed by atoms with Crippen LogP contribution in [0.25, 0.3) is 0 Å². The van der Waals surface area contributed by atoms with Crippen LogP contribution >= 0.6 is 11.6 Å². The number of carboxylic acid groups (broad SMARTS) is 1. The van der Waals surface area contributed by atoms with Crippen LogP contribution < -0.4 is 5.32 Å². The summed E-state index contributed by atoms with van der Waals surface area (Å²) in [5, 5.41) is 12.2. The van der Waals surface area contributed by atoms with Gasteiger partial charge in [-0.15, -0.1) is 0 Å². The Morgan fingerprint density at radius 1 is 1.00 bits per heavy atom. The quantitative estimate of drug-likeness (QED) is 0.377. The van der Waals surface area contributed by atoms with Gasteiger partial charge < -0.3 is 15.2 Å². The third kappa shape index (κ3) is 5.15. The molecule has 29 heavy (non-hydrogen) atoms. The summed E-state index contributed by atoms with van der Waals surface area (Å²) >= 11 is 6.40. The zero-order chi connectivity index (χ0) is 20.8. The van der Waals surface area contributed by atoms with Crippen LogP contribution in [0.2, 0.25) is 5.02 Å². The van der Waals surface area contributed by atoms with Crippen LogP contribution in [0.1, 0.15) is 27.0 Å². The first-order valence-electron chi connectivity index (χ1n) is 9.06. The molecule has 3 aromatic rings. The lowest BCUT2D eigenvalue weighted by Crippen LogP contribution is -2.06. The molecule has 0 heterocycles. The van der Waals surface area contributed by atoms with E-state index in [1.54, 1.807) is 24.3 Å². The van der Waals surface area contributed by atoms with Crippen molar-refractivity contribution in [2.24, 2.45) is 0 Å². The van der Waals surface area contributed by atoms with E-state index in [1.165, 1.54) is 0 Å². The number of benzene rings is 3. The Labute approximate surface area is 173 Å². The number of ether oxygens (including phenoxy) is 1. The molecule has 0 saturated carbocycles. The predicted octanol–water partition coefficient (Wildman–Crippen LogP) is 5.86. The number of aryl methyl sites for hydroxylation is 1. The van der Waals surface area contributed by atoms with Gasteiger partial charge in [0.15, 0.2) is 5.78 Å². The fourth-order valence-corrected chi connectivity index (χ4v) is 3.28. The highest BCUT2D eigenvalue weighted by atomic mass is 35.5. The number of rotatable bonds is 7. The van der Waals surface area contributed by atoms with Gasteiger partial charge in [-0.3, -0.25) is 4.79 Å². The van der Waals surface area contributed by atoms with Gasteiger partial charge in [0, 0.05) is 28.9 Å². The van der Waals surface area contributed by atoms with E-state index in [0.717, 1.165) is 22.5 Å². The molecule has 0 atom stereocenters. The second-order valence-corrected chi connectivity index (χ2v) is 6.89. The number of nitrogens with one attached hydrogen (secondary N) is 1. The Hall–Kier alpha value is -3.31. The lowest BCUT2D eigenvalue weighted by molar-refractivity contribution is 0.0926. The summed E-state index contributed by atoms with van der Waals surface area (Å²) in [7, 11) is 0. The zero-order valence-electron chi connectivity index (χ0n) is 15.8. The molecule has 148 valence electrons. The Balaban J connectivity index is 1.79. The average molecular weight is 410 g/mol. The first-order valence-corrected chi connectivity index (χ1v) is 9.44. The summed E-state index contributed by atoms with van der Waals surface area (Å²) in [6, 6.07) is 20.1. The molecule has 0 aliphatic heterocycles. The topological polar surface area (TPSA) is 75.6 Å². The molecule has 0 amide bonds. The van der Waals surface area contributed by atoms with Crippen molar-refractivity contribution in [1.29, 1.82) is 0 Å². The predicted molar refractivity (Wildman–Crippen MR) is 113 cm³/mol. The van der Waals surface area contributed by atoms with E-state index in [-0.39, 0.29) is 12.4 Å². The van der Waals surface area contributed by atoms with Gasteiger partial charge in [-0.1, -0.05) is 54.1 Å². The van der Waals surface area contributed by atoms with Crippen LogP contribution in [0.15, 0.2) is 66.7 Å². The van der Waals surface area contributed by atoms with Crippen LogP contribution in [0.3, 0.4) is 0 Å². The lowest BCUT2D eigenvalue weighted by atomic mass is 9.99. The molecule has 0 saturated heterocycles. The molecule has 0 aliphatic carbocycles. The van der Waals surface area contributed by atoms with Crippen molar-refractivity contribution in [2.45, 2.75) is 13.3 Å². The Kier molecular flexibility index (Phi) is 6.52. The molecular formula is C23H20ClNO4. The fraction of sp³-hybridized carbons (Fsp3) is 0.130. The highest BCUT2D eigenvalue weighted by Gasteiger charge is 2.15. The summed E-state index contributed by atoms with van der Waals surface area (Å²) < 4.78 is 4.59. The summed E-state index contributed by atoms with van der Waals surface area (Å²) in [4.78, 5) is 23.4. The number of hydrogen-bond acceptors (Lipinski definition) is 4. The summed E-state index contributed by atoms with van der Waals surface area (Å²) in [5.74, 6) is -0.120. The van der Waals surface area contributed by atoms with Gasteiger partial charge in [-0.2, -0.15) is 0 Å². The van der Waals surface area contributed by atoms with E-state index in [0.29, 0.717) is 22.6 Å². The van der Waals surface area contributed by atoms with Gasteiger partial charge in [0.2, 0.25) is 0 Å². The number of carbonyl (C=O) groups is 2. The first kappa shape index (κ1) is 20.4. The maximum absolute atomic E-state index is 12.8. The second-order valence-electron chi connectivity index (χ2n) is 6.49. The molecule has 0 aliphatic rings. The van der Waals surface area contributed by atoms with Crippen LogP contribution in [-0.4, -0.2) is 23.7 Å². The van der Waals surface area contributed by atoms with Crippen molar-refractivity contribution in [1.82, 2.24) is 0 Å². The molecule has 3 rings (SSSR count). The van der Waals surface area contributed by atoms with Crippen LogP contribution in [0.5, 0.6) is 0 Å². The minimum absolute atomic E-state index is 0.0681. The average Bonchev–Trinajstić information content (AvgIpc) is 2.69. The van der Waals surface area contributed by atoms with Crippen LogP contribution in [0, 0.1) is 6.92 Å². The SMILES string of the molecule is Cc1ccccc1C(=O)c1ccc(Nc2ccccc2CCOC(=O)O)cc1Cl. The highest BCUT2D eigenvalue weighted by Crippen LogP contribution is 2.28. The van der Waals surface area contributed by atoms with E-state index in [1.807, 2.05) is 49.4 Å². The number of hydrogen-bond donors (Lipinski definition) is 2. The smallest absolute Gasteiger partial charge is 0.450 e. The van der Waals surface area contributed by atoms with Crippen molar-refractivity contribution in [3.05, 3.63) is 94.0 Å². The second kappa shape index (κ2) is 9.26. The first-order chi connectivity index (χ1) is 14.0. The summed E-state index contributed by atoms with van der Waals surface area (Å²) in [5.41, 5.74) is 4.41. The largest absolute Gasteiger partial charge is 0.505 e. The van der Waals surface area contributed by atoms with Gasteiger partial charge in [0.05, 0.1) is 11.6 Å². The van der Waals surface area contributed by atoms with Gasteiger partial charge in [-0.05, 0) is 42.3 Å². The van der Waals surface area contributed by atoms with Gasteiger partial charge in [0.25, 0.3) is 0 Å². The lowest BCUT2D eigenvalue weighted by Gasteiger charge is -2.13. The molecule has 0 unspecified atom stereocenters. The number of anilines is 2. The Morgan fingerprint density at radius 2 is 1.72 bits per heavy atom. The standard InChI is InChI=1S/C23H20ClNO4/c1-15-6-2-4-8-18(15)22(26)19-11-10-17(14-20(19)24)25-21-9-5-3-7-16(21)12-13-29-23(27)28/h2-11,14,25H,12-13H2,1H3,(H,27,28). The highest BCUT2D eigenvalue weighted by molar-refractivity contribution is 6.35. The van der Waals surface area contributed by atoms with Crippen molar-refractivity contribution in [3.63, 3.8) is 0 Å². The molecule has 0 aromatic heterocycles. The van der Waals surface area contributed by atoms with Crippen molar-refractivity contribution < 1.29 is 19.4 Å². The third-order valence-electron chi connectivity index (χ3n) is 4.50. The molecule has 2 N–H and O–H groups in total. The minimum atomic E-state index is -1.30. The Morgan fingerprint density at radius 3 is 2.45 bits per heavy atom. The Bertz CT molecular complexity index is 1050. The van der Waals surface area contributed by atoms with E-state index in [9.17, 15) is 9.59 Å². The van der Waals surface area contributed by atoms with Crippen molar-refractivity contribution in [2.75, 3.05) is 11.9 Å². The normalized spacial score (nSPS) is 10.4. The number of ketones is 1. The number of para-hydroxylation sites is 1. The molecule has 3 aromatic carbocycles. The van der Waals surface area contributed by atoms with Crippen molar-refractivity contribution in [3.8, 4) is 0 Å². The molecule has 0 spiro atoms. The van der Waals surface area contributed by atoms with E-state index >= 15 is 0 Å². The van der Waals surface area contributed by atoms with Crippen molar-refractivity contribution >= 4 is 34.9 Å². The van der Waals surface area contributed by atoms with E-state index in [2.05, 4.69) is 10.1 Å². The maximum atomic E-state index is 12.8. The monoisotopic (exact) mass is 409 g/mol.